The van der Waals surface area contributed by atoms with Crippen LogP contribution in [0.2, 0.25) is 0 Å². The summed E-state index contributed by atoms with van der Waals surface area (Å²) in [5.41, 5.74) is 0.247. The number of halogens is 1. The number of aryl methyl sites for hydroxylation is 1. The Kier molecular flexibility index (Phi) is 4.33. The lowest BCUT2D eigenvalue weighted by Crippen LogP contribution is -2.43. The average molecular weight is 334 g/mol. The monoisotopic (exact) mass is 334 g/mol. The highest BCUT2D eigenvalue weighted by molar-refractivity contribution is 7.15. The number of hydrogen-bond acceptors (Lipinski definition) is 5. The molecule has 2 aromatic rings. The average Bonchev–Trinajstić information content (AvgIpc) is 3.15. The van der Waals surface area contributed by atoms with Gasteiger partial charge < -0.3 is 4.90 Å². The molecular weight excluding hydrogens is 319 g/mol. The zero-order valence-corrected chi connectivity index (χ0v) is 13.3. The normalized spacial score (nSPS) is 17.3. The predicted octanol–water partition coefficient (Wildman–Crippen LogP) is 2.23. The van der Waals surface area contributed by atoms with Crippen molar-refractivity contribution in [3.63, 3.8) is 0 Å². The van der Waals surface area contributed by atoms with E-state index < -0.39 is 11.9 Å². The zero-order valence-electron chi connectivity index (χ0n) is 12.5. The van der Waals surface area contributed by atoms with Gasteiger partial charge in [-0.05, 0) is 38.0 Å². The van der Waals surface area contributed by atoms with Crippen molar-refractivity contribution >= 4 is 28.3 Å². The Hall–Kier alpha value is -2.35. The molecule has 1 aromatic carbocycles. The fourth-order valence-corrected chi connectivity index (χ4v) is 3.20. The molecule has 2 amide bonds. The minimum Gasteiger partial charge on any atom is -0.327 e. The van der Waals surface area contributed by atoms with Crippen LogP contribution in [-0.2, 0) is 4.79 Å². The fraction of sp³-hybridized carbons (Fsp3) is 0.333. The van der Waals surface area contributed by atoms with Gasteiger partial charge in [0.05, 0.1) is 0 Å². The van der Waals surface area contributed by atoms with Crippen molar-refractivity contribution in [1.29, 1.82) is 0 Å². The Bertz CT molecular complexity index is 749. The molecule has 1 N–H and O–H groups in total. The van der Waals surface area contributed by atoms with Crippen LogP contribution in [0.15, 0.2) is 24.3 Å². The lowest BCUT2D eigenvalue weighted by molar-refractivity contribution is -0.119. The topological polar surface area (TPSA) is 75.2 Å². The molecule has 120 valence electrons. The predicted molar refractivity (Wildman–Crippen MR) is 83.7 cm³/mol. The van der Waals surface area contributed by atoms with E-state index in [4.69, 9.17) is 0 Å². The molecule has 0 radical (unpaired) electrons. The standard InChI is InChI=1S/C15H15FN4O2S/c1-9-18-19-15(23-9)17-13(21)12-6-3-7-20(12)14(22)10-4-2-5-11(16)8-10/h2,4-5,8,12H,3,6-7H2,1H3,(H,17,19,21)/t12-/m0/s1. The van der Waals surface area contributed by atoms with Crippen LogP contribution in [-0.4, -0.2) is 39.5 Å². The number of carbonyl (C=O) groups is 2. The third kappa shape index (κ3) is 3.37. The summed E-state index contributed by atoms with van der Waals surface area (Å²) in [6, 6.07) is 4.92. The molecule has 0 unspecified atom stereocenters. The van der Waals surface area contributed by atoms with Crippen molar-refractivity contribution in [3.8, 4) is 0 Å². The van der Waals surface area contributed by atoms with Crippen LogP contribution >= 0.6 is 11.3 Å². The van der Waals surface area contributed by atoms with Gasteiger partial charge in [0, 0.05) is 12.1 Å². The van der Waals surface area contributed by atoms with Gasteiger partial charge in [0.2, 0.25) is 11.0 Å². The van der Waals surface area contributed by atoms with Crippen LogP contribution in [0.5, 0.6) is 0 Å². The van der Waals surface area contributed by atoms with Crippen molar-refractivity contribution < 1.29 is 14.0 Å². The van der Waals surface area contributed by atoms with Crippen LogP contribution < -0.4 is 5.32 Å². The molecule has 1 saturated heterocycles. The van der Waals surface area contributed by atoms with E-state index in [0.29, 0.717) is 18.1 Å². The minimum atomic E-state index is -0.574. The number of nitrogens with one attached hydrogen (secondary N) is 1. The first-order valence-electron chi connectivity index (χ1n) is 7.22. The Balaban J connectivity index is 1.74. The van der Waals surface area contributed by atoms with Gasteiger partial charge in [0.1, 0.15) is 16.9 Å². The lowest BCUT2D eigenvalue weighted by atomic mass is 10.1. The number of hydrogen-bond donors (Lipinski definition) is 1. The van der Waals surface area contributed by atoms with Crippen LogP contribution in [0.3, 0.4) is 0 Å². The third-order valence-corrected chi connectivity index (χ3v) is 4.40. The molecule has 0 spiro atoms. The maximum absolute atomic E-state index is 13.3. The third-order valence-electron chi connectivity index (χ3n) is 3.64. The number of amides is 2. The molecule has 1 fully saturated rings. The highest BCUT2D eigenvalue weighted by Crippen LogP contribution is 2.23. The van der Waals surface area contributed by atoms with Gasteiger partial charge in [-0.15, -0.1) is 10.2 Å². The van der Waals surface area contributed by atoms with Crippen molar-refractivity contribution in [2.24, 2.45) is 0 Å². The number of carbonyl (C=O) groups excluding carboxylic acids is 2. The Morgan fingerprint density at radius 3 is 2.91 bits per heavy atom. The summed E-state index contributed by atoms with van der Waals surface area (Å²) in [4.78, 5) is 26.4. The Morgan fingerprint density at radius 1 is 1.39 bits per heavy atom. The summed E-state index contributed by atoms with van der Waals surface area (Å²) in [6.07, 6.45) is 1.30. The first-order chi connectivity index (χ1) is 11.0. The van der Waals surface area contributed by atoms with Crippen molar-refractivity contribution in [3.05, 3.63) is 40.7 Å². The number of anilines is 1. The summed E-state index contributed by atoms with van der Waals surface area (Å²) < 4.78 is 13.3. The number of likely N-dealkylation sites (tertiary alicyclic amines) is 1. The second-order valence-electron chi connectivity index (χ2n) is 5.28. The maximum atomic E-state index is 13.3. The van der Waals surface area contributed by atoms with E-state index in [1.165, 1.54) is 34.4 Å². The van der Waals surface area contributed by atoms with Crippen molar-refractivity contribution in [1.82, 2.24) is 15.1 Å². The summed E-state index contributed by atoms with van der Waals surface area (Å²) in [5, 5.41) is 11.5. The molecule has 1 aliphatic rings. The number of aromatic nitrogens is 2. The molecule has 1 aliphatic heterocycles. The Labute approximate surface area is 136 Å². The molecule has 2 heterocycles. The van der Waals surface area contributed by atoms with E-state index in [1.54, 1.807) is 13.0 Å². The Morgan fingerprint density at radius 2 is 2.22 bits per heavy atom. The maximum Gasteiger partial charge on any atom is 0.254 e. The molecule has 1 aromatic heterocycles. The number of rotatable bonds is 3. The van der Waals surface area contributed by atoms with Crippen LogP contribution in [0.1, 0.15) is 28.2 Å². The summed E-state index contributed by atoms with van der Waals surface area (Å²) in [5.74, 6) is -1.10. The van der Waals surface area contributed by atoms with E-state index in [1.807, 2.05) is 0 Å². The van der Waals surface area contributed by atoms with Crippen LogP contribution in [0, 0.1) is 12.7 Å². The van der Waals surface area contributed by atoms with Crippen LogP contribution in [0.25, 0.3) is 0 Å². The van der Waals surface area contributed by atoms with Gasteiger partial charge >= 0.3 is 0 Å². The molecule has 8 heteroatoms. The molecule has 1 atom stereocenters. The summed E-state index contributed by atoms with van der Waals surface area (Å²) in [6.45, 7) is 2.27. The molecule has 6 nitrogen and oxygen atoms in total. The highest BCUT2D eigenvalue weighted by Gasteiger charge is 2.35. The highest BCUT2D eigenvalue weighted by atomic mass is 32.1. The molecular formula is C15H15FN4O2S. The molecule has 0 bridgehead atoms. The molecule has 3 rings (SSSR count). The van der Waals surface area contributed by atoms with Gasteiger partial charge in [0.15, 0.2) is 0 Å². The quantitative estimate of drug-likeness (QED) is 0.934. The van der Waals surface area contributed by atoms with E-state index >= 15 is 0 Å². The number of nitrogens with zero attached hydrogens (tertiary/aromatic N) is 3. The SMILES string of the molecule is Cc1nnc(NC(=O)[C@@H]2CCCN2C(=O)c2cccc(F)c2)s1. The summed E-state index contributed by atoms with van der Waals surface area (Å²) in [7, 11) is 0. The van der Waals surface area contributed by atoms with Gasteiger partial charge in [0.25, 0.3) is 5.91 Å². The van der Waals surface area contributed by atoms with Gasteiger partial charge in [-0.3, -0.25) is 14.9 Å². The van der Waals surface area contributed by atoms with E-state index in [-0.39, 0.29) is 17.4 Å². The first-order valence-corrected chi connectivity index (χ1v) is 8.04. The van der Waals surface area contributed by atoms with Gasteiger partial charge in [-0.1, -0.05) is 17.4 Å². The van der Waals surface area contributed by atoms with Gasteiger partial charge in [-0.2, -0.15) is 0 Å². The van der Waals surface area contributed by atoms with E-state index in [0.717, 1.165) is 11.4 Å². The molecule has 0 aliphatic carbocycles. The molecule has 0 saturated carbocycles. The summed E-state index contributed by atoms with van der Waals surface area (Å²) >= 11 is 1.28. The lowest BCUT2D eigenvalue weighted by Gasteiger charge is -2.23. The second-order valence-corrected chi connectivity index (χ2v) is 6.46. The van der Waals surface area contributed by atoms with Crippen molar-refractivity contribution in [2.45, 2.75) is 25.8 Å². The zero-order chi connectivity index (χ0) is 16.4. The van der Waals surface area contributed by atoms with E-state index in [9.17, 15) is 14.0 Å². The van der Waals surface area contributed by atoms with Crippen molar-refractivity contribution in [2.75, 3.05) is 11.9 Å². The van der Waals surface area contributed by atoms with Gasteiger partial charge in [-0.25, -0.2) is 4.39 Å². The number of benzene rings is 1. The molecule has 23 heavy (non-hydrogen) atoms. The smallest absolute Gasteiger partial charge is 0.254 e. The minimum absolute atomic E-state index is 0.247. The second kappa shape index (κ2) is 6.41. The van der Waals surface area contributed by atoms with Crippen LogP contribution in [0.4, 0.5) is 9.52 Å². The fourth-order valence-electron chi connectivity index (χ4n) is 2.61. The largest absolute Gasteiger partial charge is 0.327 e. The van der Waals surface area contributed by atoms with E-state index in [2.05, 4.69) is 15.5 Å². The first kappa shape index (κ1) is 15.5.